The average Bonchev–Trinajstić information content (AvgIpc) is 2.92. The normalized spacial score (nSPS) is 10.7. The lowest BCUT2D eigenvalue weighted by molar-refractivity contribution is 0.432. The second-order valence-electron chi connectivity index (χ2n) is 4.09. The molecular weight excluding hydrogens is 435 g/mol. The zero-order chi connectivity index (χ0) is 14.1. The molecule has 0 saturated heterocycles. The van der Waals surface area contributed by atoms with Gasteiger partial charge < -0.3 is 9.63 Å². The smallest absolute Gasteiger partial charge is 0.259 e. The molecule has 0 radical (unpaired) electrons. The predicted octanol–water partition coefficient (Wildman–Crippen LogP) is 4.48. The van der Waals surface area contributed by atoms with Crippen molar-refractivity contribution in [1.82, 2.24) is 10.1 Å². The summed E-state index contributed by atoms with van der Waals surface area (Å²) in [6.45, 7) is 0. The van der Waals surface area contributed by atoms with E-state index in [1.807, 2.05) is 18.2 Å². The number of hydrogen-bond donors (Lipinski definition) is 1. The molecule has 0 aliphatic rings. The lowest BCUT2D eigenvalue weighted by Gasteiger charge is -1.99. The molecule has 4 nitrogen and oxygen atoms in total. The maximum absolute atomic E-state index is 9.28. The SMILES string of the molecule is Oc1ccc(-c2noc(-c3cc(I)ccc3Br)n2)cc1. The van der Waals surface area contributed by atoms with Gasteiger partial charge in [0.2, 0.25) is 5.82 Å². The number of aromatic nitrogens is 2. The number of hydrogen-bond acceptors (Lipinski definition) is 4. The van der Waals surface area contributed by atoms with Crippen LogP contribution >= 0.6 is 38.5 Å². The Morgan fingerprint density at radius 3 is 2.60 bits per heavy atom. The maximum atomic E-state index is 9.28. The summed E-state index contributed by atoms with van der Waals surface area (Å²) < 4.78 is 7.30. The Morgan fingerprint density at radius 1 is 1.10 bits per heavy atom. The van der Waals surface area contributed by atoms with E-state index in [-0.39, 0.29) is 5.75 Å². The molecule has 1 heterocycles. The highest BCUT2D eigenvalue weighted by molar-refractivity contribution is 14.1. The van der Waals surface area contributed by atoms with E-state index in [0.717, 1.165) is 19.2 Å². The second-order valence-corrected chi connectivity index (χ2v) is 6.19. The molecule has 0 aliphatic heterocycles. The lowest BCUT2D eigenvalue weighted by atomic mass is 10.2. The van der Waals surface area contributed by atoms with E-state index in [1.54, 1.807) is 24.3 Å². The minimum atomic E-state index is 0.206. The summed E-state index contributed by atoms with van der Waals surface area (Å²) in [5.74, 6) is 1.15. The van der Waals surface area contributed by atoms with E-state index in [2.05, 4.69) is 48.7 Å². The Kier molecular flexibility index (Phi) is 3.75. The molecule has 6 heteroatoms. The highest BCUT2D eigenvalue weighted by atomic mass is 127. The highest BCUT2D eigenvalue weighted by Crippen LogP contribution is 2.30. The molecule has 1 aromatic heterocycles. The Labute approximate surface area is 137 Å². The van der Waals surface area contributed by atoms with E-state index < -0.39 is 0 Å². The van der Waals surface area contributed by atoms with Crippen LogP contribution in [0.2, 0.25) is 0 Å². The minimum Gasteiger partial charge on any atom is -0.508 e. The summed E-state index contributed by atoms with van der Waals surface area (Å²) in [6.07, 6.45) is 0. The fraction of sp³-hybridized carbons (Fsp3) is 0. The average molecular weight is 443 g/mol. The summed E-state index contributed by atoms with van der Waals surface area (Å²) in [6, 6.07) is 12.6. The molecule has 0 atom stereocenters. The standard InChI is InChI=1S/C14H8BrIN2O2/c15-12-6-3-9(16)7-11(12)14-17-13(18-20-14)8-1-4-10(19)5-2-8/h1-7,19H. The van der Waals surface area contributed by atoms with Crippen molar-refractivity contribution >= 4 is 38.5 Å². The van der Waals surface area contributed by atoms with Crippen molar-refractivity contribution in [2.45, 2.75) is 0 Å². The summed E-state index contributed by atoms with van der Waals surface area (Å²) in [7, 11) is 0. The third-order valence-electron chi connectivity index (χ3n) is 2.71. The molecule has 3 rings (SSSR count). The molecular formula is C14H8BrIN2O2. The third kappa shape index (κ3) is 2.71. The maximum Gasteiger partial charge on any atom is 0.259 e. The Balaban J connectivity index is 2.01. The van der Waals surface area contributed by atoms with Crippen LogP contribution in [0.1, 0.15) is 0 Å². The van der Waals surface area contributed by atoms with Gasteiger partial charge in [-0.1, -0.05) is 5.16 Å². The summed E-state index contributed by atoms with van der Waals surface area (Å²) in [5, 5.41) is 13.3. The summed E-state index contributed by atoms with van der Waals surface area (Å²) in [4.78, 5) is 4.39. The molecule has 0 saturated carbocycles. The van der Waals surface area contributed by atoms with E-state index in [9.17, 15) is 5.11 Å². The van der Waals surface area contributed by atoms with Gasteiger partial charge in [-0.25, -0.2) is 0 Å². The zero-order valence-corrected chi connectivity index (χ0v) is 13.8. The number of phenolic OH excluding ortho intramolecular Hbond substituents is 1. The number of phenols is 1. The van der Waals surface area contributed by atoms with Gasteiger partial charge in [-0.05, 0) is 81.0 Å². The van der Waals surface area contributed by atoms with Crippen LogP contribution in [0.4, 0.5) is 0 Å². The van der Waals surface area contributed by atoms with Crippen molar-refractivity contribution in [3.05, 3.63) is 50.5 Å². The number of nitrogens with zero attached hydrogens (tertiary/aromatic N) is 2. The van der Waals surface area contributed by atoms with Crippen molar-refractivity contribution in [2.24, 2.45) is 0 Å². The number of rotatable bonds is 2. The molecule has 0 amide bonds. The van der Waals surface area contributed by atoms with Crippen LogP contribution in [-0.4, -0.2) is 15.2 Å². The van der Waals surface area contributed by atoms with Crippen molar-refractivity contribution in [1.29, 1.82) is 0 Å². The molecule has 0 unspecified atom stereocenters. The van der Waals surface area contributed by atoms with E-state index >= 15 is 0 Å². The number of aromatic hydroxyl groups is 1. The molecule has 3 aromatic rings. The van der Waals surface area contributed by atoms with E-state index in [1.165, 1.54) is 0 Å². The third-order valence-corrected chi connectivity index (χ3v) is 4.07. The van der Waals surface area contributed by atoms with Gasteiger partial charge >= 0.3 is 0 Å². The van der Waals surface area contributed by atoms with Gasteiger partial charge in [0.05, 0.1) is 5.56 Å². The van der Waals surface area contributed by atoms with Crippen LogP contribution in [0.25, 0.3) is 22.8 Å². The van der Waals surface area contributed by atoms with Gasteiger partial charge in [-0.15, -0.1) is 0 Å². The molecule has 100 valence electrons. The number of halogens is 2. The second kappa shape index (κ2) is 5.53. The first kappa shape index (κ1) is 13.6. The molecule has 0 spiro atoms. The fourth-order valence-corrected chi connectivity index (χ4v) is 2.63. The summed E-state index contributed by atoms with van der Waals surface area (Å²) >= 11 is 5.71. The van der Waals surface area contributed by atoms with Gasteiger partial charge in [-0.2, -0.15) is 4.98 Å². The van der Waals surface area contributed by atoms with E-state index in [4.69, 9.17) is 4.52 Å². The van der Waals surface area contributed by atoms with Gasteiger partial charge in [0, 0.05) is 13.6 Å². The van der Waals surface area contributed by atoms with Crippen LogP contribution in [0.5, 0.6) is 5.75 Å². The zero-order valence-electron chi connectivity index (χ0n) is 10.0. The van der Waals surface area contributed by atoms with Crippen molar-refractivity contribution in [3.63, 3.8) is 0 Å². The summed E-state index contributed by atoms with van der Waals surface area (Å²) in [5.41, 5.74) is 1.65. The topological polar surface area (TPSA) is 59.2 Å². The van der Waals surface area contributed by atoms with Crippen LogP contribution in [0.3, 0.4) is 0 Å². The van der Waals surface area contributed by atoms with Gasteiger partial charge in [0.1, 0.15) is 5.75 Å². The first-order valence-corrected chi connectivity index (χ1v) is 7.59. The monoisotopic (exact) mass is 442 g/mol. The Hall–Kier alpha value is -1.41. The molecule has 20 heavy (non-hydrogen) atoms. The van der Waals surface area contributed by atoms with Gasteiger partial charge in [0.15, 0.2) is 0 Å². The predicted molar refractivity (Wildman–Crippen MR) is 87.3 cm³/mol. The van der Waals surface area contributed by atoms with Crippen LogP contribution in [0.15, 0.2) is 51.5 Å². The first-order chi connectivity index (χ1) is 9.63. The van der Waals surface area contributed by atoms with Crippen LogP contribution in [0, 0.1) is 3.57 Å². The molecule has 1 N–H and O–H groups in total. The van der Waals surface area contributed by atoms with Crippen LogP contribution in [-0.2, 0) is 0 Å². The Bertz CT molecular complexity index is 756. The molecule has 2 aromatic carbocycles. The first-order valence-electron chi connectivity index (χ1n) is 5.72. The fourth-order valence-electron chi connectivity index (χ4n) is 1.72. The van der Waals surface area contributed by atoms with Crippen molar-refractivity contribution in [3.8, 4) is 28.6 Å². The number of benzene rings is 2. The molecule has 0 aliphatic carbocycles. The van der Waals surface area contributed by atoms with Crippen molar-refractivity contribution in [2.75, 3.05) is 0 Å². The lowest BCUT2D eigenvalue weighted by Crippen LogP contribution is -1.83. The van der Waals surface area contributed by atoms with Crippen molar-refractivity contribution < 1.29 is 9.63 Å². The largest absolute Gasteiger partial charge is 0.508 e. The minimum absolute atomic E-state index is 0.206. The quantitative estimate of drug-likeness (QED) is 0.594. The Morgan fingerprint density at radius 2 is 1.85 bits per heavy atom. The highest BCUT2D eigenvalue weighted by Gasteiger charge is 2.13. The van der Waals surface area contributed by atoms with E-state index in [0.29, 0.717) is 11.7 Å². The molecule has 0 bridgehead atoms. The van der Waals surface area contributed by atoms with Gasteiger partial charge in [0.25, 0.3) is 5.89 Å². The van der Waals surface area contributed by atoms with Crippen LogP contribution < -0.4 is 0 Å². The van der Waals surface area contributed by atoms with Gasteiger partial charge in [-0.3, -0.25) is 0 Å². The molecule has 0 fully saturated rings.